The molecule has 0 bridgehead atoms. The van der Waals surface area contributed by atoms with Gasteiger partial charge in [-0.05, 0) is 38.1 Å². The summed E-state index contributed by atoms with van der Waals surface area (Å²) in [7, 11) is 1.87. The van der Waals surface area contributed by atoms with Crippen LogP contribution in [0.15, 0.2) is 24.3 Å². The van der Waals surface area contributed by atoms with E-state index in [2.05, 4.69) is 0 Å². The summed E-state index contributed by atoms with van der Waals surface area (Å²) in [6, 6.07) is 6.21. The average molecular weight is 324 g/mol. The molecule has 2 rings (SSSR count). The molecule has 1 N–H and O–H groups in total. The van der Waals surface area contributed by atoms with Crippen molar-refractivity contribution in [2.75, 3.05) is 39.8 Å². The van der Waals surface area contributed by atoms with Gasteiger partial charge in [0.05, 0.1) is 25.8 Å². The second-order valence-electron chi connectivity index (χ2n) is 6.13. The largest absolute Gasteiger partial charge is 0.393 e. The highest BCUT2D eigenvalue weighted by Crippen LogP contribution is 2.22. The van der Waals surface area contributed by atoms with Crippen molar-refractivity contribution in [2.24, 2.45) is 0 Å². The van der Waals surface area contributed by atoms with Gasteiger partial charge < -0.3 is 14.7 Å². The van der Waals surface area contributed by atoms with Gasteiger partial charge in [0.2, 0.25) is 5.91 Å². The molecule has 128 valence electrons. The van der Waals surface area contributed by atoms with E-state index in [1.807, 2.05) is 11.9 Å². The molecular formula is C17H25FN2O3. The quantitative estimate of drug-likeness (QED) is 0.860. The highest BCUT2D eigenvalue weighted by atomic mass is 19.1. The Morgan fingerprint density at radius 3 is 2.83 bits per heavy atom. The second kappa shape index (κ2) is 8.38. The Balaban J connectivity index is 1.87. The third-order valence-electron chi connectivity index (χ3n) is 3.99. The lowest BCUT2D eigenvalue weighted by Gasteiger charge is -2.34. The van der Waals surface area contributed by atoms with Gasteiger partial charge in [-0.3, -0.25) is 9.69 Å². The maximum atomic E-state index is 13.0. The number of amides is 1. The fourth-order valence-electron chi connectivity index (χ4n) is 2.57. The number of aliphatic hydroxyl groups is 1. The molecule has 1 aliphatic heterocycles. The van der Waals surface area contributed by atoms with E-state index in [0.717, 1.165) is 5.56 Å². The van der Waals surface area contributed by atoms with Crippen LogP contribution in [0.4, 0.5) is 4.39 Å². The molecule has 1 aliphatic rings. The van der Waals surface area contributed by atoms with Crippen LogP contribution < -0.4 is 0 Å². The lowest BCUT2D eigenvalue weighted by Crippen LogP contribution is -2.46. The summed E-state index contributed by atoms with van der Waals surface area (Å²) >= 11 is 0. The SMILES string of the molecule is CC(O)CCN(C)CC(=O)N1CCOC(c2ccc(F)cc2)C1. The molecule has 1 amide bonds. The molecule has 0 spiro atoms. The lowest BCUT2D eigenvalue weighted by atomic mass is 10.1. The number of carbonyl (C=O) groups is 1. The van der Waals surface area contributed by atoms with E-state index in [1.54, 1.807) is 24.0 Å². The standard InChI is InChI=1S/C17H25FN2O3/c1-13(21)7-8-19(2)12-17(22)20-9-10-23-16(11-20)14-3-5-15(18)6-4-14/h3-6,13,16,21H,7-12H2,1-2H3. The smallest absolute Gasteiger partial charge is 0.236 e. The van der Waals surface area contributed by atoms with Crippen molar-refractivity contribution in [1.29, 1.82) is 0 Å². The normalized spacial score (nSPS) is 19.9. The van der Waals surface area contributed by atoms with Crippen molar-refractivity contribution in [2.45, 2.75) is 25.6 Å². The van der Waals surface area contributed by atoms with Gasteiger partial charge in [0.1, 0.15) is 11.9 Å². The number of rotatable bonds is 6. The monoisotopic (exact) mass is 324 g/mol. The van der Waals surface area contributed by atoms with Gasteiger partial charge in [0, 0.05) is 13.1 Å². The number of likely N-dealkylation sites (N-methyl/N-ethyl adjacent to an activating group) is 1. The molecule has 2 atom stereocenters. The molecule has 1 fully saturated rings. The van der Waals surface area contributed by atoms with Crippen LogP contribution in [0.2, 0.25) is 0 Å². The number of ether oxygens (including phenoxy) is 1. The summed E-state index contributed by atoms with van der Waals surface area (Å²) in [5.74, 6) is -0.231. The molecule has 1 heterocycles. The molecule has 0 radical (unpaired) electrons. The van der Waals surface area contributed by atoms with Crippen LogP contribution in [0.5, 0.6) is 0 Å². The number of benzene rings is 1. The van der Waals surface area contributed by atoms with E-state index in [1.165, 1.54) is 12.1 Å². The number of nitrogens with zero attached hydrogens (tertiary/aromatic N) is 2. The molecule has 5 nitrogen and oxygen atoms in total. The van der Waals surface area contributed by atoms with Crippen molar-refractivity contribution in [3.8, 4) is 0 Å². The van der Waals surface area contributed by atoms with E-state index in [9.17, 15) is 14.3 Å². The van der Waals surface area contributed by atoms with Crippen molar-refractivity contribution >= 4 is 5.91 Å². The highest BCUT2D eigenvalue weighted by Gasteiger charge is 2.25. The maximum Gasteiger partial charge on any atom is 0.236 e. The van der Waals surface area contributed by atoms with E-state index < -0.39 is 0 Å². The molecule has 2 unspecified atom stereocenters. The van der Waals surface area contributed by atoms with Gasteiger partial charge in [0.15, 0.2) is 0 Å². The summed E-state index contributed by atoms with van der Waals surface area (Å²) in [6.07, 6.45) is 0.0697. The highest BCUT2D eigenvalue weighted by molar-refractivity contribution is 5.78. The Hall–Kier alpha value is -1.50. The summed E-state index contributed by atoms with van der Waals surface area (Å²) in [6.45, 7) is 4.27. The second-order valence-corrected chi connectivity index (χ2v) is 6.13. The van der Waals surface area contributed by atoms with E-state index in [-0.39, 0.29) is 23.9 Å². The molecule has 0 saturated carbocycles. The fraction of sp³-hybridized carbons (Fsp3) is 0.588. The predicted molar refractivity (Wildman–Crippen MR) is 85.5 cm³/mol. The maximum absolute atomic E-state index is 13.0. The van der Waals surface area contributed by atoms with Crippen molar-refractivity contribution in [1.82, 2.24) is 9.80 Å². The minimum Gasteiger partial charge on any atom is -0.393 e. The molecule has 1 saturated heterocycles. The molecule has 1 aromatic rings. The van der Waals surface area contributed by atoms with E-state index in [4.69, 9.17) is 4.74 Å². The predicted octanol–water partition coefficient (Wildman–Crippen LogP) is 1.43. The Labute approximate surface area is 136 Å². The average Bonchev–Trinajstić information content (AvgIpc) is 2.53. The summed E-state index contributed by atoms with van der Waals surface area (Å²) in [5.41, 5.74) is 0.881. The number of carbonyl (C=O) groups excluding carboxylic acids is 1. The van der Waals surface area contributed by atoms with Crippen LogP contribution >= 0.6 is 0 Å². The lowest BCUT2D eigenvalue weighted by molar-refractivity contribution is -0.140. The van der Waals surface area contributed by atoms with Crippen LogP contribution in [0.1, 0.15) is 25.0 Å². The van der Waals surface area contributed by atoms with Crippen LogP contribution in [0.25, 0.3) is 0 Å². The van der Waals surface area contributed by atoms with Gasteiger partial charge in [-0.25, -0.2) is 4.39 Å². The topological polar surface area (TPSA) is 53.0 Å². The zero-order valence-electron chi connectivity index (χ0n) is 13.7. The van der Waals surface area contributed by atoms with E-state index in [0.29, 0.717) is 39.2 Å². The first-order valence-corrected chi connectivity index (χ1v) is 7.97. The Kier molecular flexibility index (Phi) is 6.50. The summed E-state index contributed by atoms with van der Waals surface area (Å²) in [4.78, 5) is 16.1. The Morgan fingerprint density at radius 1 is 1.48 bits per heavy atom. The van der Waals surface area contributed by atoms with Gasteiger partial charge in [-0.1, -0.05) is 12.1 Å². The van der Waals surface area contributed by atoms with Gasteiger partial charge in [0.25, 0.3) is 0 Å². The number of aliphatic hydroxyl groups excluding tert-OH is 1. The molecule has 0 aliphatic carbocycles. The minimum absolute atomic E-state index is 0.0495. The third-order valence-corrected chi connectivity index (χ3v) is 3.99. The molecule has 23 heavy (non-hydrogen) atoms. The number of morpholine rings is 1. The first-order chi connectivity index (χ1) is 11.0. The van der Waals surface area contributed by atoms with Crippen LogP contribution in [0.3, 0.4) is 0 Å². The minimum atomic E-state index is -0.362. The zero-order chi connectivity index (χ0) is 16.8. The molecule has 1 aromatic carbocycles. The van der Waals surface area contributed by atoms with Gasteiger partial charge >= 0.3 is 0 Å². The molecule has 6 heteroatoms. The van der Waals surface area contributed by atoms with Crippen LogP contribution in [0, 0.1) is 5.82 Å². The van der Waals surface area contributed by atoms with Crippen LogP contribution in [-0.2, 0) is 9.53 Å². The summed E-state index contributed by atoms with van der Waals surface area (Å²) < 4.78 is 18.7. The fourth-order valence-corrected chi connectivity index (χ4v) is 2.57. The zero-order valence-corrected chi connectivity index (χ0v) is 13.7. The summed E-state index contributed by atoms with van der Waals surface area (Å²) in [5, 5.41) is 9.30. The number of hydrogen-bond acceptors (Lipinski definition) is 4. The molecular weight excluding hydrogens is 299 g/mol. The van der Waals surface area contributed by atoms with Crippen molar-refractivity contribution in [3.63, 3.8) is 0 Å². The van der Waals surface area contributed by atoms with Crippen molar-refractivity contribution < 1.29 is 19.0 Å². The van der Waals surface area contributed by atoms with Gasteiger partial charge in [-0.2, -0.15) is 0 Å². The van der Waals surface area contributed by atoms with E-state index >= 15 is 0 Å². The first kappa shape index (κ1) is 17.8. The third kappa shape index (κ3) is 5.57. The molecule has 0 aromatic heterocycles. The van der Waals surface area contributed by atoms with Gasteiger partial charge in [-0.15, -0.1) is 0 Å². The number of halogens is 1. The number of hydrogen-bond donors (Lipinski definition) is 1. The van der Waals surface area contributed by atoms with Crippen molar-refractivity contribution in [3.05, 3.63) is 35.6 Å². The van der Waals surface area contributed by atoms with Crippen LogP contribution in [-0.4, -0.2) is 66.8 Å². The Morgan fingerprint density at radius 2 is 2.17 bits per heavy atom. The first-order valence-electron chi connectivity index (χ1n) is 7.97. The Bertz CT molecular complexity index is 507.